The number of thiocarbonyl (C=S) groups is 1. The van der Waals surface area contributed by atoms with E-state index in [0.717, 1.165) is 18.8 Å². The van der Waals surface area contributed by atoms with Crippen LogP contribution < -0.4 is 5.73 Å². The molecule has 0 spiro atoms. The van der Waals surface area contributed by atoms with Gasteiger partial charge >= 0.3 is 0 Å². The molecule has 0 aliphatic carbocycles. The molecule has 2 N–H and O–H groups in total. The topological polar surface area (TPSA) is 26.0 Å². The standard InChI is InChI=1S/C6H13NS/c1-5(2)3-4-6(7)8/h5H,3-4H2,1-2H3,(H2,7,8). The first-order valence-electron chi connectivity index (χ1n) is 2.91. The van der Waals surface area contributed by atoms with Crippen LogP contribution >= 0.6 is 12.2 Å². The van der Waals surface area contributed by atoms with Crippen LogP contribution in [0.1, 0.15) is 26.7 Å². The quantitative estimate of drug-likeness (QED) is 0.590. The normalized spacial score (nSPS) is 9.88. The molecule has 8 heavy (non-hydrogen) atoms. The molecule has 0 heterocycles. The van der Waals surface area contributed by atoms with Crippen molar-refractivity contribution in [3.05, 3.63) is 0 Å². The van der Waals surface area contributed by atoms with Gasteiger partial charge in [-0.1, -0.05) is 26.1 Å². The summed E-state index contributed by atoms with van der Waals surface area (Å²) < 4.78 is 0. The Balaban J connectivity index is 3.05. The van der Waals surface area contributed by atoms with E-state index in [-0.39, 0.29) is 0 Å². The van der Waals surface area contributed by atoms with Crippen LogP contribution in [0.2, 0.25) is 0 Å². The lowest BCUT2D eigenvalue weighted by atomic mass is 10.1. The minimum atomic E-state index is 0.638. The minimum Gasteiger partial charge on any atom is -0.393 e. The van der Waals surface area contributed by atoms with Crippen LogP contribution in [0.25, 0.3) is 0 Å². The smallest absolute Gasteiger partial charge is 0.0727 e. The van der Waals surface area contributed by atoms with E-state index in [4.69, 9.17) is 18.0 Å². The molecule has 0 unspecified atom stereocenters. The van der Waals surface area contributed by atoms with Gasteiger partial charge in [0.2, 0.25) is 0 Å². The van der Waals surface area contributed by atoms with E-state index in [9.17, 15) is 0 Å². The van der Waals surface area contributed by atoms with E-state index < -0.39 is 0 Å². The Labute approximate surface area is 56.3 Å². The Bertz CT molecular complexity index is 78.6. The third-order valence-corrected chi connectivity index (χ3v) is 1.17. The summed E-state index contributed by atoms with van der Waals surface area (Å²) in [5, 5.41) is 0. The van der Waals surface area contributed by atoms with Crippen molar-refractivity contribution in [3.63, 3.8) is 0 Å². The molecule has 0 atom stereocenters. The third kappa shape index (κ3) is 5.89. The fourth-order valence-corrected chi connectivity index (χ4v) is 0.549. The molecule has 0 saturated heterocycles. The van der Waals surface area contributed by atoms with Crippen LogP contribution in [-0.4, -0.2) is 4.99 Å². The molecule has 0 aliphatic rings. The number of hydrogen-bond donors (Lipinski definition) is 1. The van der Waals surface area contributed by atoms with Gasteiger partial charge in [0.15, 0.2) is 0 Å². The van der Waals surface area contributed by atoms with Crippen molar-refractivity contribution >= 4 is 17.2 Å². The van der Waals surface area contributed by atoms with Gasteiger partial charge in [0.05, 0.1) is 4.99 Å². The molecule has 48 valence electrons. The predicted octanol–water partition coefficient (Wildman–Crippen LogP) is 1.71. The molecule has 0 bridgehead atoms. The van der Waals surface area contributed by atoms with Gasteiger partial charge in [0.1, 0.15) is 0 Å². The summed E-state index contributed by atoms with van der Waals surface area (Å²) in [5.74, 6) is 0.719. The number of nitrogens with two attached hydrogens (primary N) is 1. The first-order valence-corrected chi connectivity index (χ1v) is 3.32. The largest absolute Gasteiger partial charge is 0.393 e. The van der Waals surface area contributed by atoms with Gasteiger partial charge < -0.3 is 5.73 Å². The second-order valence-corrected chi connectivity index (χ2v) is 2.92. The molecule has 1 nitrogen and oxygen atoms in total. The van der Waals surface area contributed by atoms with Gasteiger partial charge in [0, 0.05) is 0 Å². The number of rotatable bonds is 3. The summed E-state index contributed by atoms with van der Waals surface area (Å²) in [6, 6.07) is 0. The Morgan fingerprint density at radius 3 is 2.25 bits per heavy atom. The summed E-state index contributed by atoms with van der Waals surface area (Å²) >= 11 is 4.69. The first kappa shape index (κ1) is 7.89. The van der Waals surface area contributed by atoms with Crippen LogP contribution in [0.15, 0.2) is 0 Å². The SMILES string of the molecule is CC(C)CCC(N)=S. The molecule has 0 fully saturated rings. The molecule has 0 aromatic heterocycles. The van der Waals surface area contributed by atoms with Crippen LogP contribution in [0.4, 0.5) is 0 Å². The lowest BCUT2D eigenvalue weighted by molar-refractivity contribution is 0.604. The monoisotopic (exact) mass is 131 g/mol. The van der Waals surface area contributed by atoms with Crippen molar-refractivity contribution < 1.29 is 0 Å². The first-order chi connectivity index (χ1) is 3.63. The molecule has 0 aromatic rings. The second-order valence-electron chi connectivity index (χ2n) is 2.40. The van der Waals surface area contributed by atoms with E-state index in [1.807, 2.05) is 0 Å². The highest BCUT2D eigenvalue weighted by molar-refractivity contribution is 7.80. The minimum absolute atomic E-state index is 0.638. The number of hydrogen-bond acceptors (Lipinski definition) is 1. The van der Waals surface area contributed by atoms with E-state index in [0.29, 0.717) is 4.99 Å². The van der Waals surface area contributed by atoms with Crippen molar-refractivity contribution in [1.82, 2.24) is 0 Å². The van der Waals surface area contributed by atoms with Crippen molar-refractivity contribution in [2.45, 2.75) is 26.7 Å². The Hall–Kier alpha value is -0.110. The Morgan fingerprint density at radius 1 is 1.62 bits per heavy atom. The van der Waals surface area contributed by atoms with Crippen molar-refractivity contribution in [1.29, 1.82) is 0 Å². The lowest BCUT2D eigenvalue weighted by Crippen LogP contribution is -2.08. The van der Waals surface area contributed by atoms with Crippen LogP contribution in [0.3, 0.4) is 0 Å². The van der Waals surface area contributed by atoms with Gasteiger partial charge in [-0.05, 0) is 18.8 Å². The third-order valence-electron chi connectivity index (χ3n) is 0.968. The molecular formula is C6H13NS. The Morgan fingerprint density at radius 2 is 2.12 bits per heavy atom. The molecule has 0 aliphatic heterocycles. The fraction of sp³-hybridized carbons (Fsp3) is 0.833. The predicted molar refractivity (Wildman–Crippen MR) is 40.9 cm³/mol. The summed E-state index contributed by atoms with van der Waals surface area (Å²) in [6.45, 7) is 4.33. The van der Waals surface area contributed by atoms with Gasteiger partial charge in [-0.15, -0.1) is 0 Å². The van der Waals surface area contributed by atoms with Gasteiger partial charge in [0.25, 0.3) is 0 Å². The molecule has 0 amide bonds. The summed E-state index contributed by atoms with van der Waals surface area (Å²) in [4.78, 5) is 0.638. The van der Waals surface area contributed by atoms with Crippen molar-refractivity contribution in [3.8, 4) is 0 Å². The summed E-state index contributed by atoms with van der Waals surface area (Å²) in [6.07, 6.45) is 2.02. The molecule has 0 rings (SSSR count). The molecule has 0 saturated carbocycles. The van der Waals surface area contributed by atoms with E-state index in [2.05, 4.69) is 13.8 Å². The maximum Gasteiger partial charge on any atom is 0.0727 e. The molecule has 0 aromatic carbocycles. The van der Waals surface area contributed by atoms with E-state index in [1.54, 1.807) is 0 Å². The van der Waals surface area contributed by atoms with E-state index >= 15 is 0 Å². The molecule has 0 radical (unpaired) electrons. The summed E-state index contributed by atoms with van der Waals surface area (Å²) in [7, 11) is 0. The lowest BCUT2D eigenvalue weighted by Gasteiger charge is -2.00. The van der Waals surface area contributed by atoms with Gasteiger partial charge in [-0.25, -0.2) is 0 Å². The maximum absolute atomic E-state index is 5.27. The van der Waals surface area contributed by atoms with E-state index in [1.165, 1.54) is 0 Å². The Kier molecular flexibility index (Phi) is 3.79. The van der Waals surface area contributed by atoms with Crippen molar-refractivity contribution in [2.24, 2.45) is 11.7 Å². The average molecular weight is 131 g/mol. The van der Waals surface area contributed by atoms with Crippen molar-refractivity contribution in [2.75, 3.05) is 0 Å². The second kappa shape index (κ2) is 3.84. The van der Waals surface area contributed by atoms with Gasteiger partial charge in [-0.3, -0.25) is 0 Å². The fourth-order valence-electron chi connectivity index (χ4n) is 0.431. The summed E-state index contributed by atoms with van der Waals surface area (Å²) in [5.41, 5.74) is 5.27. The molecular weight excluding hydrogens is 118 g/mol. The average Bonchev–Trinajstić information content (AvgIpc) is 1.61. The zero-order chi connectivity index (χ0) is 6.57. The zero-order valence-electron chi connectivity index (χ0n) is 5.48. The highest BCUT2D eigenvalue weighted by atomic mass is 32.1. The van der Waals surface area contributed by atoms with Crippen LogP contribution in [-0.2, 0) is 0 Å². The van der Waals surface area contributed by atoms with Crippen LogP contribution in [0.5, 0.6) is 0 Å². The highest BCUT2D eigenvalue weighted by Crippen LogP contribution is 2.02. The maximum atomic E-state index is 5.27. The van der Waals surface area contributed by atoms with Gasteiger partial charge in [-0.2, -0.15) is 0 Å². The molecule has 2 heteroatoms. The highest BCUT2D eigenvalue weighted by Gasteiger charge is 1.93. The van der Waals surface area contributed by atoms with Crippen LogP contribution in [0, 0.1) is 5.92 Å². The zero-order valence-corrected chi connectivity index (χ0v) is 6.29.